The molecule has 0 aliphatic carbocycles. The van der Waals surface area contributed by atoms with Crippen molar-refractivity contribution in [3.05, 3.63) is 0 Å². The maximum atomic E-state index is 13.0. The lowest BCUT2D eigenvalue weighted by atomic mass is 9.94. The van der Waals surface area contributed by atoms with Crippen LogP contribution < -0.4 is 0 Å². The van der Waals surface area contributed by atoms with Gasteiger partial charge in [0.1, 0.15) is 0 Å². The summed E-state index contributed by atoms with van der Waals surface area (Å²) in [6.45, 7) is 0. The highest BCUT2D eigenvalue weighted by atomic mass is 35.7. The topological polar surface area (TPSA) is 0 Å². The molecule has 0 aromatic carbocycles. The van der Waals surface area contributed by atoms with Crippen LogP contribution >= 0.6 is 17.3 Å². The highest BCUT2D eigenvalue weighted by molar-refractivity contribution is 8.17. The Hall–Kier alpha value is -0.240. The van der Waals surface area contributed by atoms with Crippen molar-refractivity contribution in [3.8, 4) is 0 Å². The lowest BCUT2D eigenvalue weighted by molar-refractivity contribution is -0.447. The van der Waals surface area contributed by atoms with Gasteiger partial charge in [0, 0.05) is 0 Å². The monoisotopic (exact) mass is 467 g/mol. The fraction of sp³-hybridized carbons (Fsp3) is 1.00. The van der Waals surface area contributed by atoms with Gasteiger partial charge in [0.25, 0.3) is 0 Å². The van der Waals surface area contributed by atoms with Gasteiger partial charge in [-0.3, -0.25) is 0 Å². The predicted octanol–water partition coefficient (Wildman–Crippen LogP) is 6.42. The van der Waals surface area contributed by atoms with Crippen molar-refractivity contribution >= 4 is 29.1 Å². The summed E-state index contributed by atoms with van der Waals surface area (Å²) in [7, 11) is 0. The number of alkyl halides is 15. The quantitative estimate of drug-likeness (QED) is 0.321. The van der Waals surface area contributed by atoms with E-state index in [-0.39, 0.29) is 0 Å². The van der Waals surface area contributed by atoms with E-state index in [0.29, 0.717) is 0 Å². The van der Waals surface area contributed by atoms with Gasteiger partial charge >= 0.3 is 47.5 Å². The molecule has 0 bridgehead atoms. The zero-order valence-corrected chi connectivity index (χ0v) is 12.9. The van der Waals surface area contributed by atoms with E-state index in [0.717, 1.165) is 0 Å². The Morgan fingerprint density at radius 2 is 0.720 bits per heavy atom. The molecule has 0 fully saturated rings. The van der Waals surface area contributed by atoms with Gasteiger partial charge in [-0.1, -0.05) is 0 Å². The summed E-state index contributed by atoms with van der Waals surface area (Å²) >= 11 is 7.53. The molecule has 0 aromatic heterocycles. The molecule has 0 nitrogen and oxygen atoms in total. The van der Waals surface area contributed by atoms with Gasteiger partial charge in [-0.2, -0.15) is 65.9 Å². The molecular weight excluding hydrogens is 468 g/mol. The van der Waals surface area contributed by atoms with Gasteiger partial charge in [0.15, 0.2) is 23.0 Å². The maximum absolute atomic E-state index is 13.0. The van der Waals surface area contributed by atoms with Gasteiger partial charge < -0.3 is 0 Å². The largest absolute Gasteiger partial charge is 0.503 e. The Morgan fingerprint density at radius 3 is 0.960 bits per heavy atom. The van der Waals surface area contributed by atoms with Crippen LogP contribution in [0.15, 0.2) is 0 Å². The van der Waals surface area contributed by atoms with E-state index in [4.69, 9.17) is 0 Å². The van der Waals surface area contributed by atoms with Crippen LogP contribution in [0.25, 0.3) is 0 Å². The average Bonchev–Trinajstić information content (AvgIpc) is 2.35. The average molecular weight is 468 g/mol. The molecule has 0 heterocycles. The van der Waals surface area contributed by atoms with Crippen molar-refractivity contribution in [1.29, 1.82) is 0 Å². The first-order valence-electron chi connectivity index (χ1n) is 4.91. The second-order valence-electron chi connectivity index (χ2n) is 4.16. The molecule has 0 radical (unpaired) electrons. The summed E-state index contributed by atoms with van der Waals surface area (Å²) in [6.07, 6.45) is -7.62. The zero-order valence-electron chi connectivity index (χ0n) is 10.4. The standard InChI is InChI=1S/C7ClF15PS/c8-24(25)7(22,23)5(17,18)3(13,14)1(9,10)2(11,12)4(15,16)6(19,20)21/q+1. The minimum Gasteiger partial charge on any atom is -0.192 e. The molecule has 0 N–H and O–H groups in total. The lowest BCUT2D eigenvalue weighted by Crippen LogP contribution is -2.72. The molecule has 0 saturated carbocycles. The van der Waals surface area contributed by atoms with E-state index in [1.165, 1.54) is 0 Å². The summed E-state index contributed by atoms with van der Waals surface area (Å²) in [5.41, 5.74) is -6.52. The van der Waals surface area contributed by atoms with Crippen LogP contribution in [0.3, 0.4) is 0 Å². The van der Waals surface area contributed by atoms with E-state index in [1.807, 2.05) is 0 Å². The molecule has 0 rings (SSSR count). The van der Waals surface area contributed by atoms with Crippen LogP contribution in [0.1, 0.15) is 0 Å². The number of halogens is 16. The Balaban J connectivity index is 6.55. The Morgan fingerprint density at radius 1 is 0.480 bits per heavy atom. The second-order valence-corrected chi connectivity index (χ2v) is 7.92. The van der Waals surface area contributed by atoms with Crippen molar-refractivity contribution < 1.29 is 65.9 Å². The van der Waals surface area contributed by atoms with Crippen LogP contribution in [-0.4, -0.2) is 41.5 Å². The first-order valence-corrected chi connectivity index (χ1v) is 8.17. The zero-order chi connectivity index (χ0) is 21.1. The fourth-order valence-electron chi connectivity index (χ4n) is 1.07. The van der Waals surface area contributed by atoms with Crippen molar-refractivity contribution in [2.24, 2.45) is 0 Å². The fourth-order valence-corrected chi connectivity index (χ4v) is 2.09. The summed E-state index contributed by atoms with van der Waals surface area (Å²) in [5, 5.41) is 0. The van der Waals surface area contributed by atoms with Crippen molar-refractivity contribution in [2.75, 3.05) is 0 Å². The Kier molecular flexibility index (Phi) is 6.08. The summed E-state index contributed by atoms with van der Waals surface area (Å²) in [6, 6.07) is -4.53. The third-order valence-corrected chi connectivity index (χ3v) is 4.58. The van der Waals surface area contributed by atoms with Crippen LogP contribution in [-0.2, 0) is 11.8 Å². The molecule has 0 aliphatic heterocycles. The lowest BCUT2D eigenvalue weighted by Gasteiger charge is -2.39. The van der Waals surface area contributed by atoms with Crippen LogP contribution in [0.5, 0.6) is 0 Å². The summed E-state index contributed by atoms with van der Waals surface area (Å²) in [5.74, 6) is -40.3. The minimum absolute atomic E-state index is 3.29. The van der Waals surface area contributed by atoms with Crippen molar-refractivity contribution in [2.45, 2.75) is 41.5 Å². The van der Waals surface area contributed by atoms with Crippen LogP contribution in [0.4, 0.5) is 65.9 Å². The SMILES string of the molecule is FC(F)(F)C(F)(F)C(F)(F)C(F)(F)C(F)(F)C(F)(F)C(F)(F)[P+](=S)Cl. The number of rotatable bonds is 6. The molecular formula is C7ClF15PS+. The van der Waals surface area contributed by atoms with E-state index in [9.17, 15) is 65.9 Å². The molecule has 0 aliphatic rings. The van der Waals surface area contributed by atoms with Gasteiger partial charge in [0.2, 0.25) is 0 Å². The molecule has 18 heteroatoms. The van der Waals surface area contributed by atoms with Gasteiger partial charge in [-0.05, 0) is 0 Å². The molecule has 150 valence electrons. The van der Waals surface area contributed by atoms with Gasteiger partial charge in [0.05, 0.1) is 0 Å². The number of hydrogen-bond donors (Lipinski definition) is 0. The van der Waals surface area contributed by atoms with E-state index in [2.05, 4.69) is 23.0 Å². The highest BCUT2D eigenvalue weighted by Gasteiger charge is 2.95. The first kappa shape index (κ1) is 24.8. The molecule has 1 atom stereocenters. The number of hydrogen-bond acceptors (Lipinski definition) is 1. The minimum atomic E-state index is -8.30. The molecule has 0 spiro atoms. The summed E-state index contributed by atoms with van der Waals surface area (Å²) < 4.78 is 189. The summed E-state index contributed by atoms with van der Waals surface area (Å²) in [4.78, 5) is 0. The molecule has 0 aromatic rings. The van der Waals surface area contributed by atoms with Crippen molar-refractivity contribution in [3.63, 3.8) is 0 Å². The smallest absolute Gasteiger partial charge is 0.192 e. The highest BCUT2D eigenvalue weighted by Crippen LogP contribution is 2.66. The van der Waals surface area contributed by atoms with Gasteiger partial charge in [-0.25, -0.2) is 0 Å². The molecule has 0 saturated heterocycles. The maximum Gasteiger partial charge on any atom is 0.503 e. The van der Waals surface area contributed by atoms with E-state index < -0.39 is 47.5 Å². The van der Waals surface area contributed by atoms with E-state index in [1.54, 1.807) is 0 Å². The van der Waals surface area contributed by atoms with Crippen LogP contribution in [0, 0.1) is 0 Å². The molecule has 25 heavy (non-hydrogen) atoms. The van der Waals surface area contributed by atoms with Crippen molar-refractivity contribution in [1.82, 2.24) is 0 Å². The Bertz CT molecular complexity index is 536. The molecule has 1 unspecified atom stereocenters. The van der Waals surface area contributed by atoms with Gasteiger partial charge in [-0.15, -0.1) is 0 Å². The molecule has 0 amide bonds. The predicted molar refractivity (Wildman–Crippen MR) is 55.9 cm³/mol. The second kappa shape index (κ2) is 6.14. The normalized spacial score (nSPS) is 16.9. The first-order chi connectivity index (χ1) is 10.4. The van der Waals surface area contributed by atoms with Crippen LogP contribution in [0.2, 0.25) is 0 Å². The third kappa shape index (κ3) is 3.15. The third-order valence-electron chi connectivity index (χ3n) is 2.53. The Labute approximate surface area is 137 Å². The van der Waals surface area contributed by atoms with E-state index >= 15 is 0 Å².